The SMILES string of the molecule is OC(/C=C/OCCCCc1cccc(O)c1)=C/C=C\I. The molecule has 20 heavy (non-hydrogen) atoms. The number of aliphatic hydroxyl groups is 1. The lowest BCUT2D eigenvalue weighted by molar-refractivity contribution is 0.240. The van der Waals surface area contributed by atoms with Gasteiger partial charge in [0, 0.05) is 6.08 Å². The lowest BCUT2D eigenvalue weighted by atomic mass is 10.1. The fraction of sp³-hybridized carbons (Fsp3) is 0.250. The van der Waals surface area contributed by atoms with Crippen LogP contribution in [0.2, 0.25) is 0 Å². The first-order chi connectivity index (χ1) is 9.72. The van der Waals surface area contributed by atoms with Crippen LogP contribution in [0.1, 0.15) is 18.4 Å². The fourth-order valence-corrected chi connectivity index (χ4v) is 1.81. The summed E-state index contributed by atoms with van der Waals surface area (Å²) in [5, 5.41) is 18.7. The van der Waals surface area contributed by atoms with E-state index in [2.05, 4.69) is 22.6 Å². The number of phenols is 1. The molecule has 0 saturated carbocycles. The molecule has 2 N–H and O–H groups in total. The number of rotatable bonds is 8. The van der Waals surface area contributed by atoms with Crippen LogP contribution < -0.4 is 0 Å². The van der Waals surface area contributed by atoms with Crippen molar-refractivity contribution in [1.82, 2.24) is 0 Å². The highest BCUT2D eigenvalue weighted by atomic mass is 127. The molecule has 0 aromatic heterocycles. The molecule has 4 heteroatoms. The summed E-state index contributed by atoms with van der Waals surface area (Å²) in [7, 11) is 0. The molecule has 1 rings (SSSR count). The summed E-state index contributed by atoms with van der Waals surface area (Å²) in [6, 6.07) is 7.31. The van der Waals surface area contributed by atoms with Gasteiger partial charge in [-0.1, -0.05) is 40.8 Å². The van der Waals surface area contributed by atoms with Gasteiger partial charge in [-0.3, -0.25) is 0 Å². The summed E-state index contributed by atoms with van der Waals surface area (Å²) in [4.78, 5) is 0. The van der Waals surface area contributed by atoms with E-state index in [9.17, 15) is 10.2 Å². The molecule has 0 unspecified atom stereocenters. The number of hydrogen-bond acceptors (Lipinski definition) is 3. The lowest BCUT2D eigenvalue weighted by Crippen LogP contribution is -1.91. The first-order valence-corrected chi connectivity index (χ1v) is 7.69. The first kappa shape index (κ1) is 16.6. The highest BCUT2D eigenvalue weighted by Crippen LogP contribution is 2.13. The minimum atomic E-state index is 0.165. The van der Waals surface area contributed by atoms with E-state index in [1.54, 1.807) is 24.3 Å². The van der Waals surface area contributed by atoms with Crippen LogP contribution >= 0.6 is 22.6 Å². The van der Waals surface area contributed by atoms with Crippen LogP contribution in [0.5, 0.6) is 5.75 Å². The van der Waals surface area contributed by atoms with E-state index in [0.29, 0.717) is 12.4 Å². The second-order valence-corrected chi connectivity index (χ2v) is 4.93. The number of ether oxygens (including phenoxy) is 1. The third-order valence-electron chi connectivity index (χ3n) is 2.56. The average molecular weight is 386 g/mol. The topological polar surface area (TPSA) is 49.7 Å². The summed E-state index contributed by atoms with van der Waals surface area (Å²) < 4.78 is 7.10. The Labute approximate surface area is 133 Å². The molecule has 0 aliphatic carbocycles. The molecule has 0 amide bonds. The maximum absolute atomic E-state index is 9.37. The maximum Gasteiger partial charge on any atom is 0.118 e. The van der Waals surface area contributed by atoms with Crippen LogP contribution in [-0.4, -0.2) is 16.8 Å². The Balaban J connectivity index is 2.12. The Kier molecular flexibility index (Phi) is 8.62. The highest BCUT2D eigenvalue weighted by molar-refractivity contribution is 14.1. The van der Waals surface area contributed by atoms with Gasteiger partial charge in [0.2, 0.25) is 0 Å². The number of phenolic OH excluding ortho intramolecular Hbond substituents is 1. The predicted molar refractivity (Wildman–Crippen MR) is 90.0 cm³/mol. The number of aromatic hydroxyl groups is 1. The third-order valence-corrected chi connectivity index (χ3v) is 2.98. The van der Waals surface area contributed by atoms with E-state index in [4.69, 9.17) is 4.74 Å². The van der Waals surface area contributed by atoms with Crippen molar-refractivity contribution in [2.45, 2.75) is 19.3 Å². The number of aliphatic hydroxyl groups excluding tert-OH is 1. The average Bonchev–Trinajstić information content (AvgIpc) is 2.44. The Morgan fingerprint density at radius 1 is 1.30 bits per heavy atom. The van der Waals surface area contributed by atoms with Crippen molar-refractivity contribution in [3.63, 3.8) is 0 Å². The molecule has 0 heterocycles. The van der Waals surface area contributed by atoms with E-state index in [1.165, 1.54) is 12.3 Å². The van der Waals surface area contributed by atoms with Crippen LogP contribution in [0.4, 0.5) is 0 Å². The van der Waals surface area contributed by atoms with Gasteiger partial charge in [0.15, 0.2) is 0 Å². The van der Waals surface area contributed by atoms with Gasteiger partial charge in [-0.05, 0) is 47.1 Å². The summed E-state index contributed by atoms with van der Waals surface area (Å²) in [6.45, 7) is 0.616. The van der Waals surface area contributed by atoms with Crippen LogP contribution in [0.3, 0.4) is 0 Å². The highest BCUT2D eigenvalue weighted by Gasteiger charge is 1.95. The normalized spacial score (nSPS) is 12.3. The molecule has 1 aromatic carbocycles. The summed E-state index contributed by atoms with van der Waals surface area (Å²) >= 11 is 2.08. The van der Waals surface area contributed by atoms with E-state index >= 15 is 0 Å². The smallest absolute Gasteiger partial charge is 0.118 e. The molecule has 0 aliphatic rings. The number of hydrogen-bond donors (Lipinski definition) is 2. The van der Waals surface area contributed by atoms with Gasteiger partial charge in [0.05, 0.1) is 12.9 Å². The molecule has 0 saturated heterocycles. The van der Waals surface area contributed by atoms with Crippen LogP contribution in [0.15, 0.2) is 58.6 Å². The Morgan fingerprint density at radius 2 is 2.15 bits per heavy atom. The van der Waals surface area contributed by atoms with Gasteiger partial charge in [-0.2, -0.15) is 0 Å². The zero-order valence-corrected chi connectivity index (χ0v) is 13.4. The van der Waals surface area contributed by atoms with Crippen LogP contribution in [0.25, 0.3) is 0 Å². The molecule has 0 spiro atoms. The standard InChI is InChI=1S/C16H19IO3/c17-10-4-8-15(18)9-12-20-11-2-1-5-14-6-3-7-16(19)13-14/h3-4,6-10,12-13,18-19H,1-2,5,11H2/b10-4-,12-9+,15-8+. The third kappa shape index (κ3) is 7.89. The number of aryl methyl sites for hydroxylation is 1. The van der Waals surface area contributed by atoms with Crippen molar-refractivity contribution in [1.29, 1.82) is 0 Å². The van der Waals surface area contributed by atoms with Gasteiger partial charge in [0.25, 0.3) is 0 Å². The second kappa shape index (κ2) is 10.4. The fourth-order valence-electron chi connectivity index (χ4n) is 1.60. The molecule has 108 valence electrons. The Morgan fingerprint density at radius 3 is 2.90 bits per heavy atom. The van der Waals surface area contributed by atoms with Gasteiger partial charge in [-0.25, -0.2) is 0 Å². The van der Waals surface area contributed by atoms with Crippen molar-refractivity contribution in [2.75, 3.05) is 6.61 Å². The molecule has 0 fully saturated rings. The number of unbranched alkanes of at least 4 members (excludes halogenated alkanes) is 1. The van der Waals surface area contributed by atoms with Crippen molar-refractivity contribution in [3.05, 3.63) is 64.2 Å². The van der Waals surface area contributed by atoms with Gasteiger partial charge < -0.3 is 14.9 Å². The second-order valence-electron chi connectivity index (χ2n) is 4.21. The maximum atomic E-state index is 9.37. The Hall–Kier alpha value is -1.43. The molecule has 0 bridgehead atoms. The zero-order chi connectivity index (χ0) is 14.6. The summed E-state index contributed by atoms with van der Waals surface area (Å²) in [5.41, 5.74) is 1.13. The molecule has 0 radical (unpaired) electrons. The number of benzene rings is 1. The quantitative estimate of drug-likeness (QED) is 0.296. The van der Waals surface area contributed by atoms with Crippen molar-refractivity contribution in [3.8, 4) is 5.75 Å². The summed E-state index contributed by atoms with van der Waals surface area (Å²) in [6.07, 6.45) is 9.21. The van der Waals surface area contributed by atoms with Gasteiger partial charge in [0.1, 0.15) is 11.5 Å². The molecular weight excluding hydrogens is 367 g/mol. The molecule has 0 atom stereocenters. The molecule has 3 nitrogen and oxygen atoms in total. The predicted octanol–water partition coefficient (Wildman–Crippen LogP) is 4.64. The minimum absolute atomic E-state index is 0.165. The van der Waals surface area contributed by atoms with E-state index < -0.39 is 0 Å². The van der Waals surface area contributed by atoms with Gasteiger partial charge in [-0.15, -0.1) is 0 Å². The van der Waals surface area contributed by atoms with E-state index in [0.717, 1.165) is 24.8 Å². The van der Waals surface area contributed by atoms with Crippen molar-refractivity contribution >= 4 is 22.6 Å². The van der Waals surface area contributed by atoms with E-state index in [-0.39, 0.29) is 5.76 Å². The van der Waals surface area contributed by atoms with Crippen LogP contribution in [-0.2, 0) is 11.2 Å². The minimum Gasteiger partial charge on any atom is -0.508 e. The van der Waals surface area contributed by atoms with Gasteiger partial charge >= 0.3 is 0 Å². The zero-order valence-electron chi connectivity index (χ0n) is 11.2. The van der Waals surface area contributed by atoms with E-state index in [1.807, 2.05) is 16.2 Å². The lowest BCUT2D eigenvalue weighted by Gasteiger charge is -2.02. The molecule has 1 aromatic rings. The number of halogens is 1. The van der Waals surface area contributed by atoms with Crippen molar-refractivity contribution in [2.24, 2.45) is 0 Å². The largest absolute Gasteiger partial charge is 0.508 e. The molecular formula is C16H19IO3. The van der Waals surface area contributed by atoms with Crippen LogP contribution in [0, 0.1) is 0 Å². The first-order valence-electron chi connectivity index (χ1n) is 6.44. The monoisotopic (exact) mass is 386 g/mol. The number of allylic oxidation sites excluding steroid dienone is 3. The Bertz CT molecular complexity index is 478. The molecule has 0 aliphatic heterocycles. The summed E-state index contributed by atoms with van der Waals surface area (Å²) in [5.74, 6) is 0.474. The van der Waals surface area contributed by atoms with Crippen molar-refractivity contribution < 1.29 is 14.9 Å².